The Labute approximate surface area is 179 Å². The van der Waals surface area contributed by atoms with Crippen molar-refractivity contribution >= 4 is 57.5 Å². The highest BCUT2D eigenvalue weighted by molar-refractivity contribution is 7.80. The van der Waals surface area contributed by atoms with Crippen molar-refractivity contribution in [3.05, 3.63) is 75.8 Å². The highest BCUT2D eigenvalue weighted by Crippen LogP contribution is 2.28. The molecule has 0 heterocycles. The van der Waals surface area contributed by atoms with Gasteiger partial charge in [0.25, 0.3) is 0 Å². The molecule has 0 aliphatic rings. The van der Waals surface area contributed by atoms with E-state index in [0.717, 1.165) is 28.4 Å². The maximum atomic E-state index is 6.26. The molecule has 0 saturated heterocycles. The van der Waals surface area contributed by atoms with Gasteiger partial charge in [-0.05, 0) is 48.1 Å². The molecule has 3 aromatic rings. The number of hydrogen-bond acceptors (Lipinski definition) is 3. The molecular formula is C21H19Cl2N3OS. The number of ether oxygens (including phenoxy) is 1. The van der Waals surface area contributed by atoms with Crippen molar-refractivity contribution in [1.82, 2.24) is 10.7 Å². The van der Waals surface area contributed by atoms with E-state index in [0.29, 0.717) is 27.5 Å². The molecule has 0 amide bonds. The summed E-state index contributed by atoms with van der Waals surface area (Å²) in [6.07, 6.45) is 1.71. The summed E-state index contributed by atoms with van der Waals surface area (Å²) in [6.45, 7) is 3.01. The molecule has 0 aromatic heterocycles. The highest BCUT2D eigenvalue weighted by atomic mass is 35.5. The van der Waals surface area contributed by atoms with Crippen molar-refractivity contribution < 1.29 is 4.74 Å². The summed E-state index contributed by atoms with van der Waals surface area (Å²) >= 11 is 17.4. The smallest absolute Gasteiger partial charge is 0.186 e. The minimum absolute atomic E-state index is 0.318. The molecule has 0 spiro atoms. The van der Waals surface area contributed by atoms with Crippen LogP contribution in [0, 0.1) is 0 Å². The number of hydrazone groups is 1. The molecular weight excluding hydrogens is 413 g/mol. The first kappa shape index (κ1) is 20.4. The maximum Gasteiger partial charge on any atom is 0.186 e. The zero-order chi connectivity index (χ0) is 19.9. The largest absolute Gasteiger partial charge is 0.488 e. The number of benzene rings is 3. The van der Waals surface area contributed by atoms with E-state index in [1.165, 1.54) is 0 Å². The van der Waals surface area contributed by atoms with E-state index in [4.69, 9.17) is 40.2 Å². The van der Waals surface area contributed by atoms with Gasteiger partial charge in [-0.3, -0.25) is 5.43 Å². The van der Waals surface area contributed by atoms with Crippen molar-refractivity contribution in [3.63, 3.8) is 0 Å². The van der Waals surface area contributed by atoms with E-state index >= 15 is 0 Å². The number of halogens is 2. The van der Waals surface area contributed by atoms with Gasteiger partial charge in [0.05, 0.1) is 6.21 Å². The summed E-state index contributed by atoms with van der Waals surface area (Å²) < 4.78 is 6.06. The van der Waals surface area contributed by atoms with Crippen molar-refractivity contribution in [2.75, 3.05) is 6.54 Å². The van der Waals surface area contributed by atoms with Crippen LogP contribution in [0.3, 0.4) is 0 Å². The lowest BCUT2D eigenvalue weighted by Crippen LogP contribution is -2.31. The van der Waals surface area contributed by atoms with E-state index in [9.17, 15) is 0 Å². The molecule has 0 fully saturated rings. The monoisotopic (exact) mass is 431 g/mol. The van der Waals surface area contributed by atoms with Crippen LogP contribution in [-0.2, 0) is 6.61 Å². The predicted octanol–water partition coefficient (Wildman–Crippen LogP) is 5.54. The van der Waals surface area contributed by atoms with Gasteiger partial charge in [-0.15, -0.1) is 0 Å². The molecule has 0 unspecified atom stereocenters. The SMILES string of the molecule is CCNC(=S)N/N=C\c1c(OCc2ccc(Cl)cc2Cl)ccc2ccccc12. The predicted molar refractivity (Wildman–Crippen MR) is 122 cm³/mol. The van der Waals surface area contributed by atoms with Gasteiger partial charge in [-0.25, -0.2) is 0 Å². The van der Waals surface area contributed by atoms with Gasteiger partial charge in [-0.1, -0.05) is 59.6 Å². The normalized spacial score (nSPS) is 11.0. The Morgan fingerprint density at radius 2 is 1.96 bits per heavy atom. The van der Waals surface area contributed by atoms with Crippen LogP contribution in [-0.4, -0.2) is 17.9 Å². The van der Waals surface area contributed by atoms with Gasteiger partial charge in [0.15, 0.2) is 5.11 Å². The van der Waals surface area contributed by atoms with E-state index in [-0.39, 0.29) is 0 Å². The van der Waals surface area contributed by atoms with E-state index < -0.39 is 0 Å². The molecule has 0 bridgehead atoms. The number of thiocarbonyl (C=S) groups is 1. The fraction of sp³-hybridized carbons (Fsp3) is 0.143. The van der Waals surface area contributed by atoms with Crippen LogP contribution >= 0.6 is 35.4 Å². The third-order valence-electron chi connectivity index (χ3n) is 4.03. The maximum absolute atomic E-state index is 6.26. The average Bonchev–Trinajstić information content (AvgIpc) is 2.68. The summed E-state index contributed by atoms with van der Waals surface area (Å²) in [6, 6.07) is 17.3. The Bertz CT molecular complexity index is 1020. The van der Waals surface area contributed by atoms with Crippen molar-refractivity contribution in [1.29, 1.82) is 0 Å². The molecule has 3 aromatic carbocycles. The van der Waals surface area contributed by atoms with Crippen LogP contribution in [0.25, 0.3) is 10.8 Å². The quantitative estimate of drug-likeness (QED) is 0.305. The first-order valence-electron chi connectivity index (χ1n) is 8.74. The van der Waals surface area contributed by atoms with Gasteiger partial charge in [-0.2, -0.15) is 5.10 Å². The summed E-state index contributed by atoms with van der Waals surface area (Å²) in [7, 11) is 0. The second-order valence-electron chi connectivity index (χ2n) is 5.95. The minimum Gasteiger partial charge on any atom is -0.488 e. The fourth-order valence-corrected chi connectivity index (χ4v) is 3.34. The number of nitrogens with one attached hydrogen (secondary N) is 2. The van der Waals surface area contributed by atoms with Crippen molar-refractivity contribution in [2.24, 2.45) is 5.10 Å². The van der Waals surface area contributed by atoms with E-state index in [1.54, 1.807) is 18.3 Å². The Balaban J connectivity index is 1.88. The van der Waals surface area contributed by atoms with Gasteiger partial charge >= 0.3 is 0 Å². The van der Waals surface area contributed by atoms with Gasteiger partial charge < -0.3 is 10.1 Å². The lowest BCUT2D eigenvalue weighted by atomic mass is 10.0. The zero-order valence-corrected chi connectivity index (χ0v) is 17.5. The van der Waals surface area contributed by atoms with E-state index in [2.05, 4.69) is 15.8 Å². The van der Waals surface area contributed by atoms with Crippen molar-refractivity contribution in [3.8, 4) is 5.75 Å². The number of fused-ring (bicyclic) bond motifs is 1. The lowest BCUT2D eigenvalue weighted by molar-refractivity contribution is 0.306. The topological polar surface area (TPSA) is 45.7 Å². The van der Waals surface area contributed by atoms with Gasteiger partial charge in [0, 0.05) is 27.7 Å². The second kappa shape index (κ2) is 9.73. The zero-order valence-electron chi connectivity index (χ0n) is 15.2. The Morgan fingerprint density at radius 1 is 1.14 bits per heavy atom. The summed E-state index contributed by atoms with van der Waals surface area (Å²) in [5, 5.41) is 11.0. The molecule has 0 atom stereocenters. The van der Waals surface area contributed by atoms with Gasteiger partial charge in [0.1, 0.15) is 12.4 Å². The second-order valence-corrected chi connectivity index (χ2v) is 7.20. The van der Waals surface area contributed by atoms with Crippen LogP contribution in [0.2, 0.25) is 10.0 Å². The molecule has 7 heteroatoms. The molecule has 2 N–H and O–H groups in total. The molecule has 28 heavy (non-hydrogen) atoms. The van der Waals surface area contributed by atoms with Crippen LogP contribution in [0.5, 0.6) is 5.75 Å². The first-order chi connectivity index (χ1) is 13.6. The minimum atomic E-state index is 0.318. The highest BCUT2D eigenvalue weighted by Gasteiger charge is 2.09. The van der Waals surface area contributed by atoms with E-state index in [1.807, 2.05) is 49.4 Å². The molecule has 0 saturated carbocycles. The van der Waals surface area contributed by atoms with Crippen LogP contribution < -0.4 is 15.5 Å². The molecule has 144 valence electrons. The summed E-state index contributed by atoms with van der Waals surface area (Å²) in [5.41, 5.74) is 4.52. The Hall–Kier alpha value is -2.34. The fourth-order valence-electron chi connectivity index (χ4n) is 2.68. The Morgan fingerprint density at radius 3 is 2.75 bits per heavy atom. The first-order valence-corrected chi connectivity index (χ1v) is 9.90. The summed E-state index contributed by atoms with van der Waals surface area (Å²) in [4.78, 5) is 0. The van der Waals surface area contributed by atoms with Crippen LogP contribution in [0.15, 0.2) is 59.7 Å². The molecule has 0 aliphatic carbocycles. The molecule has 0 aliphatic heterocycles. The van der Waals surface area contributed by atoms with Crippen molar-refractivity contribution in [2.45, 2.75) is 13.5 Å². The van der Waals surface area contributed by atoms with Crippen LogP contribution in [0.1, 0.15) is 18.1 Å². The molecule has 3 rings (SSSR count). The third kappa shape index (κ3) is 5.13. The number of rotatable bonds is 6. The lowest BCUT2D eigenvalue weighted by Gasteiger charge is -2.13. The number of nitrogens with zero attached hydrogens (tertiary/aromatic N) is 1. The summed E-state index contributed by atoms with van der Waals surface area (Å²) in [5.74, 6) is 0.699. The Kier molecular flexibility index (Phi) is 7.09. The standard InChI is InChI=1S/C21H19Cl2N3OS/c1-2-24-21(28)26-25-12-18-17-6-4-3-5-14(17)8-10-20(18)27-13-15-7-9-16(22)11-19(15)23/h3-12H,2,13H2,1H3,(H2,24,26,28)/b25-12-. The third-order valence-corrected chi connectivity index (χ3v) is 4.85. The number of hydrogen-bond donors (Lipinski definition) is 2. The molecule has 0 radical (unpaired) electrons. The van der Waals surface area contributed by atoms with Crippen LogP contribution in [0.4, 0.5) is 0 Å². The van der Waals surface area contributed by atoms with Gasteiger partial charge in [0.2, 0.25) is 0 Å². The average molecular weight is 432 g/mol. The molecule has 4 nitrogen and oxygen atoms in total.